The normalized spacial score (nSPS) is 16.6. The minimum absolute atomic E-state index is 0.00273. The van der Waals surface area contributed by atoms with Crippen LogP contribution in [-0.4, -0.2) is 43.1 Å². The third kappa shape index (κ3) is 5.52. The third-order valence-electron chi connectivity index (χ3n) is 4.89. The standard InChI is InChI=1S/C20H32N2O2/c1-4-18(24-19-11-8-10-16(2)17(19)3)20(23)21-12-9-15-22-13-6-5-7-14-22/h8,10-11,18H,4-7,9,12-15H2,1-3H3,(H,21,23)/t18-/m1/s1. The van der Waals surface area contributed by atoms with Gasteiger partial charge in [0.05, 0.1) is 0 Å². The predicted molar refractivity (Wildman–Crippen MR) is 98.5 cm³/mol. The lowest BCUT2D eigenvalue weighted by Crippen LogP contribution is -2.39. The lowest BCUT2D eigenvalue weighted by Gasteiger charge is -2.26. The number of aryl methyl sites for hydroxylation is 1. The van der Waals surface area contributed by atoms with Gasteiger partial charge in [0.15, 0.2) is 6.10 Å². The largest absolute Gasteiger partial charge is 0.480 e. The van der Waals surface area contributed by atoms with Crippen LogP contribution in [0.3, 0.4) is 0 Å². The Morgan fingerprint density at radius 3 is 2.71 bits per heavy atom. The average Bonchev–Trinajstić information content (AvgIpc) is 2.60. The minimum atomic E-state index is -0.416. The summed E-state index contributed by atoms with van der Waals surface area (Å²) in [6.07, 6.45) is 5.25. The van der Waals surface area contributed by atoms with E-state index in [9.17, 15) is 4.79 Å². The Kier molecular flexibility index (Phi) is 7.57. The number of rotatable bonds is 8. The maximum absolute atomic E-state index is 12.4. The smallest absolute Gasteiger partial charge is 0.261 e. The fourth-order valence-electron chi connectivity index (χ4n) is 3.14. The van der Waals surface area contributed by atoms with Crippen molar-refractivity contribution in [2.24, 2.45) is 0 Å². The molecule has 0 unspecified atom stereocenters. The molecule has 4 heteroatoms. The summed E-state index contributed by atoms with van der Waals surface area (Å²) >= 11 is 0. The van der Waals surface area contributed by atoms with E-state index in [0.29, 0.717) is 6.42 Å². The van der Waals surface area contributed by atoms with Gasteiger partial charge in [-0.2, -0.15) is 0 Å². The first-order chi connectivity index (χ1) is 11.6. The zero-order valence-electron chi connectivity index (χ0n) is 15.4. The Labute approximate surface area is 146 Å². The summed E-state index contributed by atoms with van der Waals surface area (Å²) in [5.74, 6) is 0.808. The van der Waals surface area contributed by atoms with Crippen molar-refractivity contribution in [1.29, 1.82) is 0 Å². The number of nitrogens with one attached hydrogen (secondary N) is 1. The van der Waals surface area contributed by atoms with Gasteiger partial charge < -0.3 is 15.0 Å². The van der Waals surface area contributed by atoms with Gasteiger partial charge in [0.2, 0.25) is 0 Å². The van der Waals surface area contributed by atoms with Gasteiger partial charge in [0, 0.05) is 6.54 Å². The molecule has 1 aliphatic rings. The van der Waals surface area contributed by atoms with E-state index < -0.39 is 6.10 Å². The van der Waals surface area contributed by atoms with Gasteiger partial charge in [-0.25, -0.2) is 0 Å². The Hall–Kier alpha value is -1.55. The number of carbonyl (C=O) groups is 1. The van der Waals surface area contributed by atoms with Crippen LogP contribution in [0.1, 0.15) is 50.2 Å². The zero-order valence-corrected chi connectivity index (χ0v) is 15.4. The second kappa shape index (κ2) is 9.67. The highest BCUT2D eigenvalue weighted by molar-refractivity contribution is 5.81. The van der Waals surface area contributed by atoms with Gasteiger partial charge >= 0.3 is 0 Å². The summed E-state index contributed by atoms with van der Waals surface area (Å²) in [6.45, 7) is 10.3. The summed E-state index contributed by atoms with van der Waals surface area (Å²) in [5.41, 5.74) is 2.29. The van der Waals surface area contributed by atoms with E-state index in [2.05, 4.69) is 23.2 Å². The molecule has 134 valence electrons. The van der Waals surface area contributed by atoms with Gasteiger partial charge in [-0.3, -0.25) is 4.79 Å². The maximum atomic E-state index is 12.4. The fourth-order valence-corrected chi connectivity index (χ4v) is 3.14. The molecular formula is C20H32N2O2. The molecule has 0 radical (unpaired) electrons. The van der Waals surface area contributed by atoms with Crippen molar-refractivity contribution >= 4 is 5.91 Å². The van der Waals surface area contributed by atoms with Crippen LogP contribution in [0.2, 0.25) is 0 Å². The van der Waals surface area contributed by atoms with Gasteiger partial charge in [-0.05, 0) is 76.4 Å². The molecule has 1 amide bonds. The molecule has 1 aromatic rings. The first-order valence-electron chi connectivity index (χ1n) is 9.34. The first kappa shape index (κ1) is 18.8. The van der Waals surface area contributed by atoms with Gasteiger partial charge in [-0.15, -0.1) is 0 Å². The van der Waals surface area contributed by atoms with Crippen molar-refractivity contribution in [2.45, 2.75) is 59.0 Å². The van der Waals surface area contributed by atoms with Crippen molar-refractivity contribution in [1.82, 2.24) is 10.2 Å². The molecule has 0 bridgehead atoms. The molecule has 1 aliphatic heterocycles. The molecule has 1 aromatic carbocycles. The number of benzene rings is 1. The summed E-state index contributed by atoms with van der Waals surface area (Å²) in [6, 6.07) is 5.97. The van der Waals surface area contributed by atoms with E-state index in [4.69, 9.17) is 4.74 Å². The molecule has 1 saturated heterocycles. The topological polar surface area (TPSA) is 41.6 Å². The Morgan fingerprint density at radius 1 is 1.25 bits per heavy atom. The highest BCUT2D eigenvalue weighted by Crippen LogP contribution is 2.22. The molecule has 0 aliphatic carbocycles. The third-order valence-corrected chi connectivity index (χ3v) is 4.89. The van der Waals surface area contributed by atoms with Crippen LogP contribution in [-0.2, 0) is 4.79 Å². The Balaban J connectivity index is 1.75. The van der Waals surface area contributed by atoms with Crippen LogP contribution < -0.4 is 10.1 Å². The first-order valence-corrected chi connectivity index (χ1v) is 9.34. The second-order valence-corrected chi connectivity index (χ2v) is 6.76. The number of hydrogen-bond acceptors (Lipinski definition) is 3. The molecule has 1 heterocycles. The number of carbonyl (C=O) groups excluding carboxylic acids is 1. The van der Waals surface area contributed by atoms with Crippen LogP contribution in [0.4, 0.5) is 0 Å². The molecular weight excluding hydrogens is 300 g/mol. The van der Waals surface area contributed by atoms with E-state index in [0.717, 1.165) is 30.8 Å². The molecule has 24 heavy (non-hydrogen) atoms. The van der Waals surface area contributed by atoms with Crippen molar-refractivity contribution in [3.8, 4) is 5.75 Å². The van der Waals surface area contributed by atoms with Crippen molar-refractivity contribution in [3.05, 3.63) is 29.3 Å². The predicted octanol–water partition coefficient (Wildman–Crippen LogP) is 3.45. The Bertz CT molecular complexity index is 524. The minimum Gasteiger partial charge on any atom is -0.480 e. The highest BCUT2D eigenvalue weighted by Gasteiger charge is 2.19. The molecule has 1 atom stereocenters. The van der Waals surface area contributed by atoms with Crippen LogP contribution >= 0.6 is 0 Å². The van der Waals surface area contributed by atoms with Gasteiger partial charge in [0.1, 0.15) is 5.75 Å². The summed E-state index contributed by atoms with van der Waals surface area (Å²) in [7, 11) is 0. The van der Waals surface area contributed by atoms with Crippen molar-refractivity contribution < 1.29 is 9.53 Å². The monoisotopic (exact) mass is 332 g/mol. The quantitative estimate of drug-likeness (QED) is 0.741. The molecule has 2 rings (SSSR count). The number of amides is 1. The Morgan fingerprint density at radius 2 is 2.00 bits per heavy atom. The lowest BCUT2D eigenvalue weighted by atomic mass is 10.1. The zero-order chi connectivity index (χ0) is 17.4. The van der Waals surface area contributed by atoms with E-state index >= 15 is 0 Å². The second-order valence-electron chi connectivity index (χ2n) is 6.76. The molecule has 1 fully saturated rings. The van der Waals surface area contributed by atoms with Crippen LogP contribution in [0, 0.1) is 13.8 Å². The van der Waals surface area contributed by atoms with Gasteiger partial charge in [0.25, 0.3) is 5.91 Å². The summed E-state index contributed by atoms with van der Waals surface area (Å²) in [4.78, 5) is 14.9. The summed E-state index contributed by atoms with van der Waals surface area (Å²) < 4.78 is 5.96. The molecule has 0 saturated carbocycles. The maximum Gasteiger partial charge on any atom is 0.261 e. The molecule has 1 N–H and O–H groups in total. The fraction of sp³-hybridized carbons (Fsp3) is 0.650. The van der Waals surface area contributed by atoms with E-state index in [1.807, 2.05) is 26.0 Å². The number of nitrogens with zero attached hydrogens (tertiary/aromatic N) is 1. The lowest BCUT2D eigenvalue weighted by molar-refractivity contribution is -0.128. The summed E-state index contributed by atoms with van der Waals surface area (Å²) in [5, 5.41) is 3.04. The van der Waals surface area contributed by atoms with Crippen molar-refractivity contribution in [3.63, 3.8) is 0 Å². The van der Waals surface area contributed by atoms with Crippen molar-refractivity contribution in [2.75, 3.05) is 26.2 Å². The molecule has 4 nitrogen and oxygen atoms in total. The van der Waals surface area contributed by atoms with E-state index in [1.54, 1.807) is 0 Å². The van der Waals surface area contributed by atoms with E-state index in [1.165, 1.54) is 37.9 Å². The van der Waals surface area contributed by atoms with Crippen LogP contribution in [0.5, 0.6) is 5.75 Å². The highest BCUT2D eigenvalue weighted by atomic mass is 16.5. The SMILES string of the molecule is CC[C@@H](Oc1cccc(C)c1C)C(=O)NCCCN1CCCCC1. The van der Waals surface area contributed by atoms with Crippen LogP contribution in [0.15, 0.2) is 18.2 Å². The number of likely N-dealkylation sites (tertiary alicyclic amines) is 1. The van der Waals surface area contributed by atoms with E-state index in [-0.39, 0.29) is 5.91 Å². The molecule has 0 spiro atoms. The molecule has 0 aromatic heterocycles. The van der Waals surface area contributed by atoms with Crippen LogP contribution in [0.25, 0.3) is 0 Å². The van der Waals surface area contributed by atoms with Gasteiger partial charge in [-0.1, -0.05) is 25.5 Å². The number of hydrogen-bond donors (Lipinski definition) is 1. The average molecular weight is 332 g/mol. The number of piperidine rings is 1. The number of ether oxygens (including phenoxy) is 1.